The summed E-state index contributed by atoms with van der Waals surface area (Å²) >= 11 is 0. The number of hydrogen-bond donors (Lipinski definition) is 1. The van der Waals surface area contributed by atoms with Gasteiger partial charge in [0, 0.05) is 25.9 Å². The van der Waals surface area contributed by atoms with Gasteiger partial charge in [-0.3, -0.25) is 0 Å². The van der Waals surface area contributed by atoms with Crippen LogP contribution in [-0.4, -0.2) is 38.9 Å². The maximum absolute atomic E-state index is 12.1. The lowest BCUT2D eigenvalue weighted by Crippen LogP contribution is -2.37. The third-order valence-electron chi connectivity index (χ3n) is 3.63. The number of piperidine rings is 1. The molecule has 1 saturated heterocycles. The third kappa shape index (κ3) is 3.22. The number of nitrogens with zero attached hydrogens (tertiary/aromatic N) is 1. The fourth-order valence-electron chi connectivity index (χ4n) is 2.53. The lowest BCUT2D eigenvalue weighted by molar-refractivity contribution is 0.0526. The van der Waals surface area contributed by atoms with Crippen molar-refractivity contribution < 1.29 is 14.3 Å². The van der Waals surface area contributed by atoms with Crippen LogP contribution in [0.2, 0.25) is 0 Å². The molecule has 1 aromatic carbocycles. The van der Waals surface area contributed by atoms with E-state index in [1.165, 1.54) is 0 Å². The normalized spacial score (nSPS) is 16.2. The summed E-state index contributed by atoms with van der Waals surface area (Å²) in [5.74, 6) is -0.316. The molecule has 0 radical (unpaired) electrons. The highest BCUT2D eigenvalue weighted by Gasteiger charge is 2.23. The Kier molecular flexibility index (Phi) is 4.84. The Balaban J connectivity index is 2.21. The zero-order valence-electron chi connectivity index (χ0n) is 12.1. The third-order valence-corrected chi connectivity index (χ3v) is 3.63. The van der Waals surface area contributed by atoms with E-state index in [1.807, 2.05) is 12.1 Å². The standard InChI is InChI=1S/C15H22N2O3/c1-3-20-15(18)13-10-11(16)4-5-14(13)17-8-6-12(19-2)7-9-17/h4-5,10,12H,3,6-9,16H2,1-2H3. The SMILES string of the molecule is CCOC(=O)c1cc(N)ccc1N1CCC(OC)CC1. The first-order valence-corrected chi connectivity index (χ1v) is 7.00. The van der Waals surface area contributed by atoms with Crippen molar-refractivity contribution in [1.82, 2.24) is 0 Å². The van der Waals surface area contributed by atoms with Crippen molar-refractivity contribution in [2.45, 2.75) is 25.9 Å². The van der Waals surface area contributed by atoms with E-state index in [2.05, 4.69) is 4.90 Å². The van der Waals surface area contributed by atoms with Gasteiger partial charge in [-0.1, -0.05) is 0 Å². The summed E-state index contributed by atoms with van der Waals surface area (Å²) in [5, 5.41) is 0. The predicted octanol–water partition coefficient (Wildman–Crippen LogP) is 2.06. The second-order valence-corrected chi connectivity index (χ2v) is 4.92. The number of esters is 1. The number of benzene rings is 1. The molecule has 2 N–H and O–H groups in total. The van der Waals surface area contributed by atoms with E-state index in [0.29, 0.717) is 24.0 Å². The van der Waals surface area contributed by atoms with Gasteiger partial charge in [0.15, 0.2) is 0 Å². The Bertz CT molecular complexity index is 468. The van der Waals surface area contributed by atoms with Crippen molar-refractivity contribution in [2.24, 2.45) is 0 Å². The van der Waals surface area contributed by atoms with Crippen molar-refractivity contribution in [1.29, 1.82) is 0 Å². The summed E-state index contributed by atoms with van der Waals surface area (Å²) in [6, 6.07) is 5.41. The number of nitrogens with two attached hydrogens (primary N) is 1. The van der Waals surface area contributed by atoms with Crippen LogP contribution in [0.15, 0.2) is 18.2 Å². The molecule has 1 aliphatic rings. The van der Waals surface area contributed by atoms with E-state index in [0.717, 1.165) is 31.6 Å². The van der Waals surface area contributed by atoms with E-state index in [9.17, 15) is 4.79 Å². The van der Waals surface area contributed by atoms with Gasteiger partial charge in [0.25, 0.3) is 0 Å². The highest BCUT2D eigenvalue weighted by atomic mass is 16.5. The van der Waals surface area contributed by atoms with Crippen LogP contribution < -0.4 is 10.6 Å². The number of rotatable bonds is 4. The number of carbonyl (C=O) groups excluding carboxylic acids is 1. The number of carbonyl (C=O) groups is 1. The molecular formula is C15H22N2O3. The zero-order valence-corrected chi connectivity index (χ0v) is 12.1. The van der Waals surface area contributed by atoms with Crippen molar-refractivity contribution in [2.75, 3.05) is 37.4 Å². The largest absolute Gasteiger partial charge is 0.462 e. The van der Waals surface area contributed by atoms with Gasteiger partial charge in [0.1, 0.15) is 0 Å². The first kappa shape index (κ1) is 14.7. The zero-order chi connectivity index (χ0) is 14.5. The van der Waals surface area contributed by atoms with E-state index in [1.54, 1.807) is 20.1 Å². The van der Waals surface area contributed by atoms with Gasteiger partial charge in [0.05, 0.1) is 24.0 Å². The van der Waals surface area contributed by atoms with Gasteiger partial charge in [0.2, 0.25) is 0 Å². The number of methoxy groups -OCH3 is 1. The molecule has 5 heteroatoms. The van der Waals surface area contributed by atoms with Crippen LogP contribution in [0.5, 0.6) is 0 Å². The number of anilines is 2. The number of hydrogen-bond acceptors (Lipinski definition) is 5. The molecule has 0 atom stereocenters. The Labute approximate surface area is 119 Å². The molecule has 1 heterocycles. The molecule has 0 amide bonds. The molecule has 2 rings (SSSR count). The molecule has 1 fully saturated rings. The maximum Gasteiger partial charge on any atom is 0.340 e. The highest BCUT2D eigenvalue weighted by molar-refractivity contribution is 5.97. The summed E-state index contributed by atoms with van der Waals surface area (Å²) in [7, 11) is 1.74. The first-order valence-electron chi connectivity index (χ1n) is 7.00. The number of ether oxygens (including phenoxy) is 2. The van der Waals surface area contributed by atoms with Crippen LogP contribution in [0, 0.1) is 0 Å². The summed E-state index contributed by atoms with van der Waals surface area (Å²) < 4.78 is 10.5. The van der Waals surface area contributed by atoms with E-state index >= 15 is 0 Å². The van der Waals surface area contributed by atoms with Crippen LogP contribution in [0.4, 0.5) is 11.4 Å². The molecule has 110 valence electrons. The molecule has 0 unspecified atom stereocenters. The Morgan fingerprint density at radius 1 is 1.40 bits per heavy atom. The maximum atomic E-state index is 12.1. The lowest BCUT2D eigenvalue weighted by Gasteiger charge is -2.33. The molecule has 0 aromatic heterocycles. The Morgan fingerprint density at radius 3 is 2.70 bits per heavy atom. The van der Waals surface area contributed by atoms with Crippen LogP contribution in [0.25, 0.3) is 0 Å². The fraction of sp³-hybridized carbons (Fsp3) is 0.533. The van der Waals surface area contributed by atoms with Gasteiger partial charge < -0.3 is 20.1 Å². The molecule has 1 aromatic rings. The number of nitrogen functional groups attached to an aromatic ring is 1. The van der Waals surface area contributed by atoms with E-state index in [4.69, 9.17) is 15.2 Å². The molecule has 1 aliphatic heterocycles. The molecule has 0 bridgehead atoms. The van der Waals surface area contributed by atoms with Crippen LogP contribution in [0.3, 0.4) is 0 Å². The quantitative estimate of drug-likeness (QED) is 0.674. The van der Waals surface area contributed by atoms with Gasteiger partial charge >= 0.3 is 5.97 Å². The predicted molar refractivity (Wildman–Crippen MR) is 79.1 cm³/mol. The van der Waals surface area contributed by atoms with Crippen molar-refractivity contribution >= 4 is 17.3 Å². The smallest absolute Gasteiger partial charge is 0.340 e. The monoisotopic (exact) mass is 278 g/mol. The minimum atomic E-state index is -0.316. The molecule has 5 nitrogen and oxygen atoms in total. The molecule has 0 aliphatic carbocycles. The second-order valence-electron chi connectivity index (χ2n) is 4.92. The lowest BCUT2D eigenvalue weighted by atomic mass is 10.0. The molecule has 0 spiro atoms. The minimum Gasteiger partial charge on any atom is -0.462 e. The van der Waals surface area contributed by atoms with Crippen molar-refractivity contribution in [3.63, 3.8) is 0 Å². The Morgan fingerprint density at radius 2 is 2.10 bits per heavy atom. The summed E-state index contributed by atoms with van der Waals surface area (Å²) in [6.07, 6.45) is 2.23. The summed E-state index contributed by atoms with van der Waals surface area (Å²) in [6.45, 7) is 3.90. The molecule has 20 heavy (non-hydrogen) atoms. The topological polar surface area (TPSA) is 64.8 Å². The van der Waals surface area contributed by atoms with Gasteiger partial charge in [-0.25, -0.2) is 4.79 Å². The van der Waals surface area contributed by atoms with Gasteiger partial charge in [-0.15, -0.1) is 0 Å². The first-order chi connectivity index (χ1) is 9.65. The minimum absolute atomic E-state index is 0.311. The van der Waals surface area contributed by atoms with Gasteiger partial charge in [-0.2, -0.15) is 0 Å². The van der Waals surface area contributed by atoms with Crippen LogP contribution in [0.1, 0.15) is 30.1 Å². The Hall–Kier alpha value is -1.75. The van der Waals surface area contributed by atoms with Crippen LogP contribution in [-0.2, 0) is 9.47 Å². The van der Waals surface area contributed by atoms with E-state index < -0.39 is 0 Å². The van der Waals surface area contributed by atoms with Gasteiger partial charge in [-0.05, 0) is 38.0 Å². The summed E-state index contributed by atoms with van der Waals surface area (Å²) in [4.78, 5) is 14.2. The second kappa shape index (κ2) is 6.61. The van der Waals surface area contributed by atoms with E-state index in [-0.39, 0.29) is 5.97 Å². The average molecular weight is 278 g/mol. The fourth-order valence-corrected chi connectivity index (χ4v) is 2.53. The molecule has 0 saturated carbocycles. The average Bonchev–Trinajstić information content (AvgIpc) is 2.47. The van der Waals surface area contributed by atoms with Crippen LogP contribution >= 0.6 is 0 Å². The van der Waals surface area contributed by atoms with Crippen molar-refractivity contribution in [3.8, 4) is 0 Å². The highest BCUT2D eigenvalue weighted by Crippen LogP contribution is 2.27. The van der Waals surface area contributed by atoms with Crippen molar-refractivity contribution in [3.05, 3.63) is 23.8 Å². The molecular weight excluding hydrogens is 256 g/mol. The summed E-state index contributed by atoms with van der Waals surface area (Å²) in [5.41, 5.74) is 7.80.